The number of carbonyl (C=O) groups is 3. The highest BCUT2D eigenvalue weighted by Gasteiger charge is 2.24. The zero-order valence-electron chi connectivity index (χ0n) is 10.8. The van der Waals surface area contributed by atoms with E-state index in [-0.39, 0.29) is 6.42 Å². The van der Waals surface area contributed by atoms with E-state index in [1.807, 2.05) is 30.3 Å². The topological polar surface area (TPSA) is 136 Å². The van der Waals surface area contributed by atoms with E-state index in [2.05, 4.69) is 5.32 Å². The van der Waals surface area contributed by atoms with Crippen LogP contribution in [0.2, 0.25) is 0 Å². The molecule has 20 heavy (non-hydrogen) atoms. The Bertz CT molecular complexity index is 490. The molecule has 0 saturated carbocycles. The first-order chi connectivity index (χ1) is 9.40. The van der Waals surface area contributed by atoms with Crippen LogP contribution in [-0.4, -0.2) is 35.0 Å². The van der Waals surface area contributed by atoms with Gasteiger partial charge >= 0.3 is 5.97 Å². The molecule has 6 N–H and O–H groups in total. The van der Waals surface area contributed by atoms with Gasteiger partial charge in [0.2, 0.25) is 11.8 Å². The van der Waals surface area contributed by atoms with Crippen LogP contribution in [-0.2, 0) is 20.8 Å². The van der Waals surface area contributed by atoms with E-state index in [1.54, 1.807) is 0 Å². The molecule has 108 valence electrons. The molecule has 0 aliphatic rings. The number of amides is 2. The molecule has 2 amide bonds. The van der Waals surface area contributed by atoms with Crippen molar-refractivity contribution >= 4 is 17.8 Å². The molecule has 2 atom stereocenters. The molecule has 0 aromatic heterocycles. The van der Waals surface area contributed by atoms with E-state index in [0.29, 0.717) is 0 Å². The molecule has 0 aliphatic carbocycles. The average Bonchev–Trinajstić information content (AvgIpc) is 2.38. The molecule has 0 spiro atoms. The van der Waals surface area contributed by atoms with E-state index in [1.165, 1.54) is 0 Å². The summed E-state index contributed by atoms with van der Waals surface area (Å²) in [6, 6.07) is 6.83. The molecule has 1 aromatic rings. The van der Waals surface area contributed by atoms with E-state index in [0.717, 1.165) is 5.56 Å². The maximum absolute atomic E-state index is 11.8. The van der Waals surface area contributed by atoms with Crippen molar-refractivity contribution in [2.24, 2.45) is 11.5 Å². The van der Waals surface area contributed by atoms with Gasteiger partial charge in [-0.2, -0.15) is 0 Å². The summed E-state index contributed by atoms with van der Waals surface area (Å²) < 4.78 is 0. The molecule has 7 heteroatoms. The van der Waals surface area contributed by atoms with Gasteiger partial charge in [0.25, 0.3) is 0 Å². The van der Waals surface area contributed by atoms with Crippen LogP contribution in [0.25, 0.3) is 0 Å². The Labute approximate surface area is 115 Å². The second-order valence-electron chi connectivity index (χ2n) is 4.37. The lowest BCUT2D eigenvalue weighted by Gasteiger charge is -2.16. The number of primary amides is 1. The van der Waals surface area contributed by atoms with Crippen molar-refractivity contribution in [2.45, 2.75) is 24.9 Å². The number of aliphatic carboxylic acids is 1. The zero-order valence-corrected chi connectivity index (χ0v) is 10.8. The van der Waals surface area contributed by atoms with Gasteiger partial charge in [0, 0.05) is 0 Å². The fraction of sp³-hybridized carbons (Fsp3) is 0.308. The lowest BCUT2D eigenvalue weighted by Crippen LogP contribution is -2.50. The van der Waals surface area contributed by atoms with Crippen molar-refractivity contribution in [3.63, 3.8) is 0 Å². The largest absolute Gasteiger partial charge is 0.480 e. The van der Waals surface area contributed by atoms with Gasteiger partial charge in [-0.25, -0.2) is 4.79 Å². The molecule has 0 radical (unpaired) electrons. The van der Waals surface area contributed by atoms with Crippen molar-refractivity contribution in [1.29, 1.82) is 0 Å². The van der Waals surface area contributed by atoms with Crippen molar-refractivity contribution in [3.8, 4) is 0 Å². The number of hydrogen-bond acceptors (Lipinski definition) is 4. The number of benzene rings is 1. The molecule has 0 saturated heterocycles. The van der Waals surface area contributed by atoms with Gasteiger partial charge in [-0.1, -0.05) is 30.3 Å². The molecule has 7 nitrogen and oxygen atoms in total. The molecule has 0 unspecified atom stereocenters. The van der Waals surface area contributed by atoms with Crippen LogP contribution in [0.3, 0.4) is 0 Å². The molecule has 0 heterocycles. The van der Waals surface area contributed by atoms with Crippen LogP contribution in [0.1, 0.15) is 12.0 Å². The molecule has 0 fully saturated rings. The van der Waals surface area contributed by atoms with Gasteiger partial charge < -0.3 is 21.9 Å². The van der Waals surface area contributed by atoms with Crippen molar-refractivity contribution in [2.75, 3.05) is 0 Å². The minimum atomic E-state index is -1.36. The predicted molar refractivity (Wildman–Crippen MR) is 71.5 cm³/mol. The molecule has 1 aromatic carbocycles. The first-order valence-corrected chi connectivity index (χ1v) is 6.01. The normalized spacial score (nSPS) is 13.2. The first kappa shape index (κ1) is 15.6. The minimum Gasteiger partial charge on any atom is -0.480 e. The maximum atomic E-state index is 11.8. The van der Waals surface area contributed by atoms with Crippen LogP contribution < -0.4 is 16.8 Å². The summed E-state index contributed by atoms with van der Waals surface area (Å²) in [5.41, 5.74) is 11.5. The van der Waals surface area contributed by atoms with Gasteiger partial charge in [-0.15, -0.1) is 0 Å². The summed E-state index contributed by atoms with van der Waals surface area (Å²) in [6.07, 6.45) is -0.200. The number of nitrogens with two attached hydrogens (primary N) is 2. The smallest absolute Gasteiger partial charge is 0.326 e. The number of carboxylic acid groups (broad SMARTS) is 1. The molecule has 1 rings (SSSR count). The predicted octanol–water partition coefficient (Wildman–Crippen LogP) is -0.999. The minimum absolute atomic E-state index is 0.273. The quantitative estimate of drug-likeness (QED) is 0.507. The van der Waals surface area contributed by atoms with Crippen LogP contribution >= 0.6 is 0 Å². The van der Waals surface area contributed by atoms with Crippen molar-refractivity contribution < 1.29 is 19.5 Å². The maximum Gasteiger partial charge on any atom is 0.326 e. The summed E-state index contributed by atoms with van der Waals surface area (Å²) in [7, 11) is 0. The Morgan fingerprint density at radius 3 is 2.30 bits per heavy atom. The average molecular weight is 279 g/mol. The number of hydrogen-bond donors (Lipinski definition) is 4. The lowest BCUT2D eigenvalue weighted by molar-refractivity contribution is -0.143. The highest BCUT2D eigenvalue weighted by molar-refractivity contribution is 5.90. The van der Waals surface area contributed by atoms with Crippen LogP contribution in [0.4, 0.5) is 0 Å². The fourth-order valence-corrected chi connectivity index (χ4v) is 1.64. The Hall–Kier alpha value is -2.41. The third kappa shape index (κ3) is 5.07. The third-order valence-corrected chi connectivity index (χ3v) is 2.66. The molecule has 0 aliphatic heterocycles. The third-order valence-electron chi connectivity index (χ3n) is 2.66. The standard InChI is InChI=1S/C13H17N3O4/c14-9(6-8-4-2-1-3-5-8)12(18)16-10(13(19)20)7-11(15)17/h1-5,9-10H,6-7,14H2,(H2,15,17)(H,16,18)(H,19,20)/t9-,10-/m1/s1. The van der Waals surface area contributed by atoms with Gasteiger partial charge in [0.05, 0.1) is 12.5 Å². The molecular weight excluding hydrogens is 262 g/mol. The second kappa shape index (κ2) is 7.25. The SMILES string of the molecule is NC(=O)C[C@@H](NC(=O)[C@H](N)Cc1ccccc1)C(=O)O. The Morgan fingerprint density at radius 1 is 1.20 bits per heavy atom. The number of nitrogens with one attached hydrogen (secondary N) is 1. The van der Waals surface area contributed by atoms with Gasteiger partial charge in [-0.05, 0) is 12.0 Å². The summed E-state index contributed by atoms with van der Waals surface area (Å²) in [5.74, 6) is -2.78. The number of carbonyl (C=O) groups excluding carboxylic acids is 2. The lowest BCUT2D eigenvalue weighted by atomic mass is 10.1. The van der Waals surface area contributed by atoms with Crippen molar-refractivity contribution in [1.82, 2.24) is 5.32 Å². The van der Waals surface area contributed by atoms with Crippen LogP contribution in [0.5, 0.6) is 0 Å². The van der Waals surface area contributed by atoms with E-state index < -0.39 is 36.3 Å². The molecule has 0 bridgehead atoms. The van der Waals surface area contributed by atoms with Gasteiger partial charge in [-0.3, -0.25) is 9.59 Å². The highest BCUT2D eigenvalue weighted by Crippen LogP contribution is 2.02. The van der Waals surface area contributed by atoms with Crippen LogP contribution in [0.15, 0.2) is 30.3 Å². The second-order valence-corrected chi connectivity index (χ2v) is 4.37. The van der Waals surface area contributed by atoms with Gasteiger partial charge in [0.15, 0.2) is 0 Å². The summed E-state index contributed by atoms with van der Waals surface area (Å²) in [6.45, 7) is 0. The molecular formula is C13H17N3O4. The number of rotatable bonds is 7. The monoisotopic (exact) mass is 279 g/mol. The summed E-state index contributed by atoms with van der Waals surface area (Å²) in [5, 5.41) is 11.1. The summed E-state index contributed by atoms with van der Waals surface area (Å²) in [4.78, 5) is 33.4. The first-order valence-electron chi connectivity index (χ1n) is 6.01. The Morgan fingerprint density at radius 2 is 1.80 bits per heavy atom. The zero-order chi connectivity index (χ0) is 15.1. The van der Waals surface area contributed by atoms with E-state index >= 15 is 0 Å². The van der Waals surface area contributed by atoms with Crippen molar-refractivity contribution in [3.05, 3.63) is 35.9 Å². The van der Waals surface area contributed by atoms with E-state index in [4.69, 9.17) is 16.6 Å². The number of carboxylic acids is 1. The Balaban J connectivity index is 2.59. The summed E-state index contributed by atoms with van der Waals surface area (Å²) >= 11 is 0. The highest BCUT2D eigenvalue weighted by atomic mass is 16.4. The van der Waals surface area contributed by atoms with Crippen LogP contribution in [0, 0.1) is 0 Å². The Kier molecular flexibility index (Phi) is 5.67. The van der Waals surface area contributed by atoms with E-state index in [9.17, 15) is 14.4 Å². The fourth-order valence-electron chi connectivity index (χ4n) is 1.64. The van der Waals surface area contributed by atoms with Gasteiger partial charge in [0.1, 0.15) is 6.04 Å².